The molecule has 1 N–H and O–H groups in total. The largest absolute Gasteiger partial charge is 0.450 e. The van der Waals surface area contributed by atoms with Gasteiger partial charge in [0.1, 0.15) is 5.75 Å². The van der Waals surface area contributed by atoms with Crippen LogP contribution >= 0.6 is 0 Å². The fraction of sp³-hybridized carbons (Fsp3) is 0.647. The van der Waals surface area contributed by atoms with Crippen molar-refractivity contribution in [3.8, 4) is 5.75 Å². The van der Waals surface area contributed by atoms with Crippen LogP contribution in [0.15, 0.2) is 24.3 Å². The maximum atomic E-state index is 14.2. The van der Waals surface area contributed by atoms with Crippen molar-refractivity contribution in [3.63, 3.8) is 0 Å². The van der Waals surface area contributed by atoms with Gasteiger partial charge in [-0.15, -0.1) is 0 Å². The second-order valence-corrected chi connectivity index (χ2v) is 13.4. The summed E-state index contributed by atoms with van der Waals surface area (Å²) in [5.41, 5.74) is 0.633. The van der Waals surface area contributed by atoms with E-state index in [9.17, 15) is 60.4 Å². The predicted molar refractivity (Wildman–Crippen MR) is 108 cm³/mol. The third-order valence-electron chi connectivity index (χ3n) is 5.24. The fourth-order valence-electron chi connectivity index (χ4n) is 3.18. The zero-order valence-corrected chi connectivity index (χ0v) is 20.5. The van der Waals surface area contributed by atoms with Gasteiger partial charge in [-0.2, -0.15) is 43.5 Å². The minimum atomic E-state index is -7.59. The fourth-order valence-corrected chi connectivity index (χ4v) is 6.78. The van der Waals surface area contributed by atoms with Crippen LogP contribution in [0.3, 0.4) is 0 Å². The lowest BCUT2D eigenvalue weighted by atomic mass is 9.84. The highest BCUT2D eigenvalue weighted by molar-refractivity contribution is 8.05. The lowest BCUT2D eigenvalue weighted by molar-refractivity contribution is -0.245. The van der Waals surface area contributed by atoms with Gasteiger partial charge in [-0.3, -0.25) is 0 Å². The van der Waals surface area contributed by atoms with Crippen LogP contribution in [-0.2, 0) is 30.2 Å². The van der Waals surface area contributed by atoms with Gasteiger partial charge >= 0.3 is 31.8 Å². The Morgan fingerprint density at radius 3 is 1.67 bits per heavy atom. The molecule has 0 unspecified atom stereocenters. The lowest BCUT2D eigenvalue weighted by Crippen LogP contribution is -2.64. The van der Waals surface area contributed by atoms with Crippen molar-refractivity contribution in [2.75, 3.05) is 0 Å². The number of rotatable bonds is 10. The predicted octanol–water partition coefficient (Wildman–Crippen LogP) is 4.13. The smallest absolute Gasteiger partial charge is 0.378 e. The summed E-state index contributed by atoms with van der Waals surface area (Å²) in [5, 5.41) is -19.4. The highest BCUT2D eigenvalue weighted by Gasteiger charge is 2.83. The first-order valence-electron chi connectivity index (χ1n) is 9.83. The van der Waals surface area contributed by atoms with Crippen molar-refractivity contribution in [1.29, 1.82) is 0 Å². The van der Waals surface area contributed by atoms with Gasteiger partial charge in [-0.1, -0.05) is 35.5 Å². The number of nitrogens with one attached hydrogen (secondary N) is 1. The second kappa shape index (κ2) is 9.54. The molecular formula is C17H19F8NO7S3. The summed E-state index contributed by atoms with van der Waals surface area (Å²) >= 11 is 0. The van der Waals surface area contributed by atoms with E-state index >= 15 is 0 Å². The first kappa shape index (κ1) is 30.5. The number of hydrogen-bond acceptors (Lipinski definition) is 7. The molecule has 0 saturated heterocycles. The van der Waals surface area contributed by atoms with E-state index in [0.717, 1.165) is 44.2 Å². The third kappa shape index (κ3) is 5.42. The molecule has 0 spiro atoms. The van der Waals surface area contributed by atoms with E-state index in [1.54, 1.807) is 0 Å². The molecule has 19 heteroatoms. The molecule has 36 heavy (non-hydrogen) atoms. The summed E-state index contributed by atoms with van der Waals surface area (Å²) in [6, 6.07) is 4.02. The summed E-state index contributed by atoms with van der Waals surface area (Å²) < 4.78 is 183. The first-order chi connectivity index (χ1) is 16.0. The molecule has 2 rings (SSSR count). The Morgan fingerprint density at radius 1 is 0.750 bits per heavy atom. The summed E-state index contributed by atoms with van der Waals surface area (Å²) in [6.45, 7) is -0.534. The van der Waals surface area contributed by atoms with Gasteiger partial charge in [0, 0.05) is 6.92 Å². The SMILES string of the molecule is CC(F)(F)S(=O)(=O)NS(=O)(=O)C(F)(F)C(F)(F)C(F)(F)S(=O)(=O)Oc1ccc(C2CCCCC2)cc1. The molecule has 0 aliphatic heterocycles. The minimum Gasteiger partial charge on any atom is -0.378 e. The molecule has 0 heterocycles. The summed E-state index contributed by atoms with van der Waals surface area (Å²) in [6.07, 6.45) is 4.30. The number of sulfonamides is 2. The van der Waals surface area contributed by atoms with Gasteiger partial charge < -0.3 is 4.18 Å². The quantitative estimate of drug-likeness (QED) is 0.318. The van der Waals surface area contributed by atoms with Crippen molar-refractivity contribution in [3.05, 3.63) is 29.8 Å². The van der Waals surface area contributed by atoms with E-state index in [0.29, 0.717) is 5.56 Å². The Kier molecular flexibility index (Phi) is 8.08. The molecule has 0 bridgehead atoms. The van der Waals surface area contributed by atoms with Crippen LogP contribution in [0.4, 0.5) is 35.1 Å². The average molecular weight is 598 g/mol. The zero-order chi connectivity index (χ0) is 28.0. The standard InChI is InChI=1S/C17H19F8NO7S3/c1-14(18,19)34(27,28)26-35(29,30)16(22,23)15(20,21)17(24,25)36(31,32)33-13-9-7-12(8-10-13)11-5-3-2-4-6-11/h7-11,26H,2-6H2,1H3. The molecule has 1 aliphatic rings. The van der Waals surface area contributed by atoms with Crippen LogP contribution in [0.1, 0.15) is 50.5 Å². The van der Waals surface area contributed by atoms with Gasteiger partial charge in [0.15, 0.2) is 0 Å². The normalized spacial score (nSPS) is 17.7. The van der Waals surface area contributed by atoms with Gasteiger partial charge in [-0.05, 0) is 36.5 Å². The molecule has 1 aliphatic carbocycles. The minimum absolute atomic E-state index is 0.0401. The monoisotopic (exact) mass is 597 g/mol. The first-order valence-corrected chi connectivity index (χ1v) is 14.2. The Bertz CT molecular complexity index is 1270. The third-order valence-corrected chi connectivity index (χ3v) is 10.2. The van der Waals surface area contributed by atoms with Crippen LogP contribution < -0.4 is 8.31 Å². The molecule has 0 amide bonds. The molecule has 8 nitrogen and oxygen atoms in total. The average Bonchev–Trinajstić information content (AvgIpc) is 2.72. The zero-order valence-electron chi connectivity index (χ0n) is 18.0. The summed E-state index contributed by atoms with van der Waals surface area (Å²) in [4.78, 5) is 0. The van der Waals surface area contributed by atoms with Crippen LogP contribution in [0, 0.1) is 0 Å². The van der Waals surface area contributed by atoms with E-state index in [2.05, 4.69) is 4.18 Å². The van der Waals surface area contributed by atoms with E-state index < -0.39 is 68.7 Å². The molecule has 1 aromatic carbocycles. The number of benzene rings is 1. The Morgan fingerprint density at radius 2 is 1.22 bits per heavy atom. The van der Waals surface area contributed by atoms with E-state index in [4.69, 9.17) is 0 Å². The second-order valence-electron chi connectivity index (χ2n) is 7.95. The van der Waals surface area contributed by atoms with Crippen LogP contribution in [0.5, 0.6) is 5.75 Å². The van der Waals surface area contributed by atoms with Crippen molar-refractivity contribution in [2.24, 2.45) is 0 Å². The van der Waals surface area contributed by atoms with Gasteiger partial charge in [0.05, 0.1) is 0 Å². The van der Waals surface area contributed by atoms with Crippen LogP contribution in [0.2, 0.25) is 0 Å². The summed E-state index contributed by atoms with van der Waals surface area (Å²) in [7, 11) is -21.3. The molecule has 1 aromatic rings. The molecule has 0 radical (unpaired) electrons. The van der Waals surface area contributed by atoms with Gasteiger partial charge in [0.25, 0.3) is 20.0 Å². The van der Waals surface area contributed by atoms with Crippen LogP contribution in [0.25, 0.3) is 0 Å². The van der Waals surface area contributed by atoms with E-state index in [1.165, 1.54) is 12.1 Å². The Balaban J connectivity index is 2.36. The topological polar surface area (TPSA) is 124 Å². The van der Waals surface area contributed by atoms with Crippen LogP contribution in [-0.4, -0.2) is 46.9 Å². The number of hydrogen-bond donors (Lipinski definition) is 1. The van der Waals surface area contributed by atoms with Crippen molar-refractivity contribution < 1.29 is 64.6 Å². The highest BCUT2D eigenvalue weighted by Crippen LogP contribution is 2.51. The lowest BCUT2D eigenvalue weighted by Gasteiger charge is -2.31. The van der Waals surface area contributed by atoms with Gasteiger partial charge in [0.2, 0.25) is 0 Å². The van der Waals surface area contributed by atoms with E-state index in [1.807, 2.05) is 0 Å². The molecule has 1 fully saturated rings. The maximum Gasteiger partial charge on any atom is 0.450 e. The van der Waals surface area contributed by atoms with E-state index in [-0.39, 0.29) is 5.92 Å². The number of halogens is 8. The molecule has 208 valence electrons. The summed E-state index contributed by atoms with van der Waals surface area (Å²) in [5.74, 6) is -8.38. The molecular weight excluding hydrogens is 578 g/mol. The van der Waals surface area contributed by atoms with Crippen molar-refractivity contribution in [2.45, 2.75) is 66.6 Å². The number of alkyl halides is 8. The van der Waals surface area contributed by atoms with Gasteiger partial charge in [-0.25, -0.2) is 16.8 Å². The Labute approximate surface area is 201 Å². The maximum absolute atomic E-state index is 14.2. The molecule has 0 atom stereocenters. The van der Waals surface area contributed by atoms with Crippen molar-refractivity contribution >= 4 is 30.2 Å². The van der Waals surface area contributed by atoms with Crippen molar-refractivity contribution in [1.82, 2.24) is 4.13 Å². The Hall–Kier alpha value is -1.73. The highest BCUT2D eigenvalue weighted by atomic mass is 32.3. The molecule has 0 aromatic heterocycles. The molecule has 1 saturated carbocycles.